The van der Waals surface area contributed by atoms with Gasteiger partial charge in [-0.15, -0.1) is 0 Å². The largest absolute Gasteiger partial charge is 0.451 e. The zero-order valence-electron chi connectivity index (χ0n) is 9.88. The molecule has 3 N–H and O–H groups in total. The highest BCUT2D eigenvalue weighted by molar-refractivity contribution is 5.92. The van der Waals surface area contributed by atoms with E-state index in [4.69, 9.17) is 5.73 Å². The zero-order chi connectivity index (χ0) is 13.9. The maximum absolute atomic E-state index is 12.5. The molecule has 1 atom stereocenters. The van der Waals surface area contributed by atoms with Crippen LogP contribution in [0.3, 0.4) is 0 Å². The Bertz CT molecular complexity index is 447. The Balaban J connectivity index is 3.03. The Kier molecular flexibility index (Phi) is 4.23. The summed E-state index contributed by atoms with van der Waals surface area (Å²) < 4.78 is 37.4. The number of aryl methyl sites for hydroxylation is 1. The monoisotopic (exact) mass is 262 g/mol. The highest BCUT2D eigenvalue weighted by Gasteiger charge is 2.35. The standard InChI is InChI=1S/C10H13F3N4O/c1-5-3-7(8(18)15-6(2)4-14)17-9(16-5)10(11,12)13/h3,6H,4,14H2,1-2H3,(H,15,18). The van der Waals surface area contributed by atoms with Crippen LogP contribution in [-0.4, -0.2) is 28.5 Å². The fourth-order valence-electron chi connectivity index (χ4n) is 1.17. The summed E-state index contributed by atoms with van der Waals surface area (Å²) in [4.78, 5) is 18.1. The lowest BCUT2D eigenvalue weighted by molar-refractivity contribution is -0.145. The Morgan fingerprint density at radius 1 is 1.50 bits per heavy atom. The minimum atomic E-state index is -4.68. The number of carbonyl (C=O) groups excluding carboxylic acids is 1. The van der Waals surface area contributed by atoms with Crippen LogP contribution >= 0.6 is 0 Å². The smallest absolute Gasteiger partial charge is 0.347 e. The summed E-state index contributed by atoms with van der Waals surface area (Å²) >= 11 is 0. The van der Waals surface area contributed by atoms with Crippen LogP contribution in [0.25, 0.3) is 0 Å². The Morgan fingerprint density at radius 2 is 2.11 bits per heavy atom. The van der Waals surface area contributed by atoms with E-state index in [1.54, 1.807) is 6.92 Å². The molecule has 1 aromatic heterocycles. The number of rotatable bonds is 3. The molecule has 0 saturated heterocycles. The minimum absolute atomic E-state index is 0.0721. The van der Waals surface area contributed by atoms with Crippen LogP contribution in [0.1, 0.15) is 28.9 Å². The second-order valence-corrected chi connectivity index (χ2v) is 3.83. The number of halogens is 3. The molecule has 1 rings (SSSR count). The van der Waals surface area contributed by atoms with E-state index in [-0.39, 0.29) is 24.0 Å². The van der Waals surface area contributed by atoms with Gasteiger partial charge < -0.3 is 11.1 Å². The molecule has 0 radical (unpaired) electrons. The predicted molar refractivity (Wildman–Crippen MR) is 57.8 cm³/mol. The molecule has 0 bridgehead atoms. The van der Waals surface area contributed by atoms with E-state index in [0.29, 0.717) is 0 Å². The van der Waals surface area contributed by atoms with Crippen molar-refractivity contribution in [2.75, 3.05) is 6.54 Å². The number of nitrogens with two attached hydrogens (primary N) is 1. The fourth-order valence-corrected chi connectivity index (χ4v) is 1.17. The Labute approximate surface area is 102 Å². The maximum atomic E-state index is 12.5. The van der Waals surface area contributed by atoms with E-state index < -0.39 is 17.9 Å². The molecule has 0 aromatic carbocycles. The highest BCUT2D eigenvalue weighted by atomic mass is 19.4. The first-order valence-electron chi connectivity index (χ1n) is 5.18. The number of aromatic nitrogens is 2. The van der Waals surface area contributed by atoms with Crippen molar-refractivity contribution < 1.29 is 18.0 Å². The summed E-state index contributed by atoms with van der Waals surface area (Å²) in [6.45, 7) is 3.18. The lowest BCUT2D eigenvalue weighted by Crippen LogP contribution is -2.38. The average molecular weight is 262 g/mol. The summed E-state index contributed by atoms with van der Waals surface area (Å²) in [5.41, 5.74) is 5.05. The number of alkyl halides is 3. The number of carbonyl (C=O) groups is 1. The number of hydrogen-bond acceptors (Lipinski definition) is 4. The van der Waals surface area contributed by atoms with Gasteiger partial charge in [-0.3, -0.25) is 4.79 Å². The van der Waals surface area contributed by atoms with E-state index >= 15 is 0 Å². The van der Waals surface area contributed by atoms with Crippen LogP contribution in [0.4, 0.5) is 13.2 Å². The van der Waals surface area contributed by atoms with Crippen molar-refractivity contribution >= 4 is 5.91 Å². The fraction of sp³-hybridized carbons (Fsp3) is 0.500. The van der Waals surface area contributed by atoms with Gasteiger partial charge in [-0.2, -0.15) is 13.2 Å². The molecule has 0 saturated carbocycles. The van der Waals surface area contributed by atoms with E-state index in [9.17, 15) is 18.0 Å². The highest BCUT2D eigenvalue weighted by Crippen LogP contribution is 2.26. The molecule has 0 aliphatic carbocycles. The summed E-state index contributed by atoms with van der Waals surface area (Å²) in [7, 11) is 0. The van der Waals surface area contributed by atoms with E-state index in [2.05, 4.69) is 15.3 Å². The van der Waals surface area contributed by atoms with Gasteiger partial charge in [0, 0.05) is 18.3 Å². The molecule has 18 heavy (non-hydrogen) atoms. The molecule has 0 aliphatic heterocycles. The predicted octanol–water partition coefficient (Wildman–Crippen LogP) is 0.881. The van der Waals surface area contributed by atoms with E-state index in [0.717, 1.165) is 0 Å². The van der Waals surface area contributed by atoms with E-state index in [1.165, 1.54) is 13.0 Å². The van der Waals surface area contributed by atoms with Gasteiger partial charge in [0.2, 0.25) is 5.82 Å². The first-order chi connectivity index (χ1) is 8.24. The number of nitrogens with one attached hydrogen (secondary N) is 1. The summed E-state index contributed by atoms with van der Waals surface area (Å²) in [6.07, 6.45) is -4.68. The molecule has 1 unspecified atom stereocenters. The quantitative estimate of drug-likeness (QED) is 0.847. The van der Waals surface area contributed by atoms with Crippen molar-refractivity contribution in [3.63, 3.8) is 0 Å². The van der Waals surface area contributed by atoms with Crippen molar-refractivity contribution in [3.8, 4) is 0 Å². The van der Waals surface area contributed by atoms with Crippen molar-refractivity contribution in [2.45, 2.75) is 26.1 Å². The van der Waals surface area contributed by atoms with Crippen LogP contribution in [0, 0.1) is 6.92 Å². The third-order valence-electron chi connectivity index (χ3n) is 2.07. The van der Waals surface area contributed by atoms with Gasteiger partial charge >= 0.3 is 6.18 Å². The van der Waals surface area contributed by atoms with E-state index in [1.807, 2.05) is 0 Å². The van der Waals surface area contributed by atoms with Gasteiger partial charge in [-0.25, -0.2) is 9.97 Å². The zero-order valence-corrected chi connectivity index (χ0v) is 9.88. The maximum Gasteiger partial charge on any atom is 0.451 e. The second kappa shape index (κ2) is 5.30. The third kappa shape index (κ3) is 3.66. The third-order valence-corrected chi connectivity index (χ3v) is 2.07. The van der Waals surface area contributed by atoms with Gasteiger partial charge in [-0.1, -0.05) is 0 Å². The molecule has 5 nitrogen and oxygen atoms in total. The number of nitrogens with zero attached hydrogens (tertiary/aromatic N) is 2. The summed E-state index contributed by atoms with van der Waals surface area (Å²) in [6, 6.07) is 0.843. The van der Waals surface area contributed by atoms with Gasteiger partial charge in [-0.05, 0) is 19.9 Å². The molecule has 100 valence electrons. The second-order valence-electron chi connectivity index (χ2n) is 3.83. The minimum Gasteiger partial charge on any atom is -0.347 e. The van der Waals surface area contributed by atoms with Crippen LogP contribution in [0.2, 0.25) is 0 Å². The van der Waals surface area contributed by atoms with Crippen molar-refractivity contribution in [3.05, 3.63) is 23.3 Å². The first-order valence-corrected chi connectivity index (χ1v) is 5.18. The molecule has 8 heteroatoms. The number of amides is 1. The number of hydrogen-bond donors (Lipinski definition) is 2. The lowest BCUT2D eigenvalue weighted by Gasteiger charge is -2.12. The molecule has 0 fully saturated rings. The Morgan fingerprint density at radius 3 is 2.61 bits per heavy atom. The van der Waals surface area contributed by atoms with Crippen LogP contribution in [0.5, 0.6) is 0 Å². The van der Waals surface area contributed by atoms with Crippen molar-refractivity contribution in [1.82, 2.24) is 15.3 Å². The van der Waals surface area contributed by atoms with Gasteiger partial charge in [0.1, 0.15) is 5.69 Å². The normalized spacial score (nSPS) is 13.2. The summed E-state index contributed by atoms with van der Waals surface area (Å²) in [5, 5.41) is 2.43. The lowest BCUT2D eigenvalue weighted by atomic mass is 10.2. The molecule has 0 aliphatic rings. The topological polar surface area (TPSA) is 80.9 Å². The SMILES string of the molecule is Cc1cc(C(=O)NC(C)CN)nc(C(F)(F)F)n1. The molecule has 1 aromatic rings. The summed E-state index contributed by atoms with van der Waals surface area (Å²) in [5.74, 6) is -2.03. The molecule has 1 heterocycles. The van der Waals surface area contributed by atoms with Crippen molar-refractivity contribution in [2.24, 2.45) is 5.73 Å². The van der Waals surface area contributed by atoms with Gasteiger partial charge in [0.05, 0.1) is 0 Å². The van der Waals surface area contributed by atoms with Gasteiger partial charge in [0.15, 0.2) is 0 Å². The molecular formula is C10H13F3N4O. The van der Waals surface area contributed by atoms with Crippen LogP contribution in [0.15, 0.2) is 6.07 Å². The van der Waals surface area contributed by atoms with Crippen LogP contribution < -0.4 is 11.1 Å². The molecule has 0 spiro atoms. The molecule has 1 amide bonds. The van der Waals surface area contributed by atoms with Crippen LogP contribution in [-0.2, 0) is 6.18 Å². The van der Waals surface area contributed by atoms with Crippen molar-refractivity contribution in [1.29, 1.82) is 0 Å². The first kappa shape index (κ1) is 14.4. The Hall–Kier alpha value is -1.70. The average Bonchev–Trinajstić information content (AvgIpc) is 2.26. The molecular weight excluding hydrogens is 249 g/mol. The van der Waals surface area contributed by atoms with Gasteiger partial charge in [0.25, 0.3) is 5.91 Å².